The van der Waals surface area contributed by atoms with E-state index in [1.165, 1.54) is 4.90 Å². The lowest BCUT2D eigenvalue weighted by molar-refractivity contribution is -0.175. The lowest BCUT2D eigenvalue weighted by Crippen LogP contribution is -2.43. The van der Waals surface area contributed by atoms with E-state index in [4.69, 9.17) is 0 Å². The van der Waals surface area contributed by atoms with E-state index >= 15 is 0 Å². The Morgan fingerprint density at radius 1 is 1.46 bits per heavy atom. The average Bonchev–Trinajstić information content (AvgIpc) is 2.47. The summed E-state index contributed by atoms with van der Waals surface area (Å²) >= 11 is 0. The highest BCUT2D eigenvalue weighted by Crippen LogP contribution is 2.31. The lowest BCUT2D eigenvalue weighted by Gasteiger charge is -2.26. The summed E-state index contributed by atoms with van der Waals surface area (Å²) in [6.07, 6.45) is -3.13. The lowest BCUT2D eigenvalue weighted by atomic mass is 10.2. The number of likely N-dealkylation sites (N-methyl/N-ethyl adjacent to an activating group) is 1. The first-order chi connectivity index (χ1) is 6.05. The van der Waals surface area contributed by atoms with Crippen LogP contribution < -0.4 is 5.32 Å². The number of hydrogen-bond acceptors (Lipinski definition) is 2. The van der Waals surface area contributed by atoms with Crippen molar-refractivity contribution in [2.24, 2.45) is 0 Å². The molecule has 0 aliphatic carbocycles. The molecule has 13 heavy (non-hydrogen) atoms. The quantitative estimate of drug-likeness (QED) is 0.730. The molecule has 2 nitrogen and oxygen atoms in total. The van der Waals surface area contributed by atoms with Crippen LogP contribution in [0.3, 0.4) is 0 Å². The van der Waals surface area contributed by atoms with Crippen LogP contribution >= 0.6 is 0 Å². The molecule has 1 fully saturated rings. The van der Waals surface area contributed by atoms with Gasteiger partial charge >= 0.3 is 6.18 Å². The van der Waals surface area contributed by atoms with Gasteiger partial charge in [0.25, 0.3) is 0 Å². The summed E-state index contributed by atoms with van der Waals surface area (Å²) in [6.45, 7) is 1.68. The van der Waals surface area contributed by atoms with E-state index < -0.39 is 12.2 Å². The molecule has 5 heteroatoms. The van der Waals surface area contributed by atoms with E-state index in [9.17, 15) is 13.2 Å². The summed E-state index contributed by atoms with van der Waals surface area (Å²) in [7, 11) is 1.75. The predicted octanol–water partition coefficient (Wildman–Crippen LogP) is 1.23. The molecule has 0 radical (unpaired) electrons. The van der Waals surface area contributed by atoms with E-state index in [1.54, 1.807) is 7.05 Å². The van der Waals surface area contributed by atoms with Gasteiger partial charge in [-0.3, -0.25) is 4.90 Å². The van der Waals surface area contributed by atoms with E-state index in [0.717, 1.165) is 0 Å². The van der Waals surface area contributed by atoms with Crippen LogP contribution in [0, 0.1) is 0 Å². The van der Waals surface area contributed by atoms with Gasteiger partial charge in [0.05, 0.1) is 0 Å². The molecule has 1 atom stereocenters. The van der Waals surface area contributed by atoms with Gasteiger partial charge in [-0.1, -0.05) is 0 Å². The molecule has 0 bridgehead atoms. The first-order valence-electron chi connectivity index (χ1n) is 4.51. The molecule has 1 N–H and O–H groups in total. The zero-order chi connectivity index (χ0) is 9.90. The van der Waals surface area contributed by atoms with Crippen LogP contribution in [0.5, 0.6) is 0 Å². The van der Waals surface area contributed by atoms with Crippen molar-refractivity contribution in [2.45, 2.75) is 25.1 Å². The van der Waals surface area contributed by atoms with Gasteiger partial charge in [-0.25, -0.2) is 0 Å². The maximum atomic E-state index is 12.4. The summed E-state index contributed by atoms with van der Waals surface area (Å²) in [5.74, 6) is 0. The van der Waals surface area contributed by atoms with E-state index in [1.807, 2.05) is 0 Å². The van der Waals surface area contributed by atoms with Crippen molar-refractivity contribution in [3.8, 4) is 0 Å². The third-order valence-corrected chi connectivity index (χ3v) is 2.39. The number of alkyl halides is 3. The van der Waals surface area contributed by atoms with Gasteiger partial charge in [0.1, 0.15) is 6.04 Å². The topological polar surface area (TPSA) is 15.3 Å². The number of nitrogens with zero attached hydrogens (tertiary/aromatic N) is 1. The van der Waals surface area contributed by atoms with E-state index in [2.05, 4.69) is 5.32 Å². The Hall–Kier alpha value is -0.290. The zero-order valence-corrected chi connectivity index (χ0v) is 7.69. The van der Waals surface area contributed by atoms with Crippen molar-refractivity contribution in [1.29, 1.82) is 0 Å². The maximum absolute atomic E-state index is 12.4. The Morgan fingerprint density at radius 2 is 2.15 bits per heavy atom. The fourth-order valence-electron chi connectivity index (χ4n) is 1.72. The van der Waals surface area contributed by atoms with Crippen molar-refractivity contribution < 1.29 is 13.2 Å². The van der Waals surface area contributed by atoms with Crippen molar-refractivity contribution in [3.05, 3.63) is 0 Å². The summed E-state index contributed by atoms with van der Waals surface area (Å²) in [5, 5.41) is 2.86. The van der Waals surface area contributed by atoms with Crippen molar-refractivity contribution in [3.63, 3.8) is 0 Å². The minimum atomic E-state index is -4.05. The third-order valence-electron chi connectivity index (χ3n) is 2.39. The van der Waals surface area contributed by atoms with Gasteiger partial charge in [0.15, 0.2) is 0 Å². The molecule has 0 spiro atoms. The second kappa shape index (κ2) is 4.28. The second-order valence-corrected chi connectivity index (χ2v) is 3.34. The standard InChI is InChI=1S/C8H15F3N2/c1-12-4-6-13-5-2-3-7(13)8(9,10)11/h7,12H,2-6H2,1H3/t7-/m0/s1. The van der Waals surface area contributed by atoms with Crippen molar-refractivity contribution in [2.75, 3.05) is 26.7 Å². The molecular formula is C8H15F3N2. The molecule has 0 aromatic carbocycles. The summed E-state index contributed by atoms with van der Waals surface area (Å²) in [5.41, 5.74) is 0. The minimum absolute atomic E-state index is 0.257. The Kier molecular flexibility index (Phi) is 3.55. The molecule has 0 aromatic rings. The smallest absolute Gasteiger partial charge is 0.318 e. The molecule has 1 aliphatic heterocycles. The first-order valence-corrected chi connectivity index (χ1v) is 4.51. The zero-order valence-electron chi connectivity index (χ0n) is 7.69. The maximum Gasteiger partial charge on any atom is 0.404 e. The SMILES string of the molecule is CNCCN1CCC[C@H]1C(F)(F)F. The molecule has 0 unspecified atom stereocenters. The third kappa shape index (κ3) is 2.84. The predicted molar refractivity (Wildman–Crippen MR) is 44.6 cm³/mol. The molecule has 78 valence electrons. The summed E-state index contributed by atoms with van der Waals surface area (Å²) < 4.78 is 37.1. The number of hydrogen-bond donors (Lipinski definition) is 1. The largest absolute Gasteiger partial charge is 0.404 e. The number of halogens is 3. The normalized spacial score (nSPS) is 25.4. The van der Waals surface area contributed by atoms with Crippen LogP contribution in [0.15, 0.2) is 0 Å². The molecule has 0 amide bonds. The van der Waals surface area contributed by atoms with Crippen LogP contribution in [-0.2, 0) is 0 Å². The van der Waals surface area contributed by atoms with Gasteiger partial charge < -0.3 is 5.32 Å². The Morgan fingerprint density at radius 3 is 2.69 bits per heavy atom. The highest BCUT2D eigenvalue weighted by atomic mass is 19.4. The Bertz CT molecular complexity index is 158. The number of rotatable bonds is 3. The molecule has 1 rings (SSSR count). The summed E-state index contributed by atoms with van der Waals surface area (Å²) in [4.78, 5) is 1.51. The van der Waals surface area contributed by atoms with Crippen LogP contribution in [0.25, 0.3) is 0 Å². The fraction of sp³-hybridized carbons (Fsp3) is 1.00. The molecule has 1 saturated heterocycles. The monoisotopic (exact) mass is 196 g/mol. The second-order valence-electron chi connectivity index (χ2n) is 3.34. The van der Waals surface area contributed by atoms with Crippen LogP contribution in [-0.4, -0.2) is 43.8 Å². The molecule has 1 heterocycles. The molecule has 0 aromatic heterocycles. The van der Waals surface area contributed by atoms with Crippen LogP contribution in [0.2, 0.25) is 0 Å². The van der Waals surface area contributed by atoms with Crippen LogP contribution in [0.1, 0.15) is 12.8 Å². The summed E-state index contributed by atoms with van der Waals surface area (Å²) in [6, 6.07) is -1.21. The van der Waals surface area contributed by atoms with Gasteiger partial charge in [0.2, 0.25) is 0 Å². The van der Waals surface area contributed by atoms with Crippen molar-refractivity contribution in [1.82, 2.24) is 10.2 Å². The van der Waals surface area contributed by atoms with Crippen molar-refractivity contribution >= 4 is 0 Å². The average molecular weight is 196 g/mol. The Balaban J connectivity index is 2.44. The Labute approximate surface area is 76.1 Å². The highest BCUT2D eigenvalue weighted by Gasteiger charge is 2.45. The molecular weight excluding hydrogens is 181 g/mol. The molecule has 0 saturated carbocycles. The van der Waals surface area contributed by atoms with Gasteiger partial charge in [0, 0.05) is 13.1 Å². The van der Waals surface area contributed by atoms with Crippen LogP contribution in [0.4, 0.5) is 13.2 Å². The number of nitrogens with one attached hydrogen (secondary N) is 1. The van der Waals surface area contributed by atoms with E-state index in [-0.39, 0.29) is 6.42 Å². The minimum Gasteiger partial charge on any atom is -0.318 e. The van der Waals surface area contributed by atoms with Gasteiger partial charge in [-0.15, -0.1) is 0 Å². The fourth-order valence-corrected chi connectivity index (χ4v) is 1.72. The number of likely N-dealkylation sites (tertiary alicyclic amines) is 1. The van der Waals surface area contributed by atoms with Gasteiger partial charge in [-0.05, 0) is 26.4 Å². The molecule has 1 aliphatic rings. The first kappa shape index (κ1) is 10.8. The van der Waals surface area contributed by atoms with Gasteiger partial charge in [-0.2, -0.15) is 13.2 Å². The van der Waals surface area contributed by atoms with E-state index in [0.29, 0.717) is 26.1 Å². The highest BCUT2D eigenvalue weighted by molar-refractivity contribution is 4.84.